The zero-order valence-corrected chi connectivity index (χ0v) is 7.27. The van der Waals surface area contributed by atoms with Gasteiger partial charge in [-0.1, -0.05) is 5.16 Å². The van der Waals surface area contributed by atoms with E-state index < -0.39 is 0 Å². The van der Waals surface area contributed by atoms with Gasteiger partial charge in [0.15, 0.2) is 5.82 Å². The third kappa shape index (κ3) is 1.87. The predicted molar refractivity (Wildman–Crippen MR) is 43.0 cm³/mol. The summed E-state index contributed by atoms with van der Waals surface area (Å²) >= 11 is 0. The molecule has 1 saturated heterocycles. The molecule has 72 valence electrons. The Labute approximate surface area is 75.7 Å². The lowest BCUT2D eigenvalue weighted by Crippen LogP contribution is -2.15. The summed E-state index contributed by atoms with van der Waals surface area (Å²) in [6, 6.07) is 0. The van der Waals surface area contributed by atoms with Crippen molar-refractivity contribution in [3.05, 3.63) is 11.7 Å². The van der Waals surface area contributed by atoms with E-state index in [0.29, 0.717) is 17.6 Å². The van der Waals surface area contributed by atoms with Gasteiger partial charge in [-0.3, -0.25) is 0 Å². The zero-order valence-electron chi connectivity index (χ0n) is 7.27. The van der Waals surface area contributed by atoms with Crippen LogP contribution in [-0.4, -0.2) is 28.5 Å². The fourth-order valence-electron chi connectivity index (χ4n) is 1.45. The Balaban J connectivity index is 2.05. The molecular weight excluding hydrogens is 172 g/mol. The first-order chi connectivity index (χ1) is 6.40. The van der Waals surface area contributed by atoms with E-state index in [1.54, 1.807) is 0 Å². The van der Waals surface area contributed by atoms with Crippen LogP contribution in [0.4, 0.5) is 0 Å². The van der Waals surface area contributed by atoms with Gasteiger partial charge in [0.25, 0.3) is 5.89 Å². The van der Waals surface area contributed by atoms with Crippen LogP contribution in [-0.2, 0) is 11.3 Å². The Morgan fingerprint density at radius 2 is 2.15 bits per heavy atom. The molecule has 1 aromatic heterocycles. The minimum Gasteiger partial charge on any atom is -0.387 e. The maximum absolute atomic E-state index is 8.73. The largest absolute Gasteiger partial charge is 0.387 e. The Hall–Kier alpha value is -0.940. The molecule has 0 unspecified atom stereocenters. The van der Waals surface area contributed by atoms with Crippen molar-refractivity contribution in [2.75, 3.05) is 13.2 Å². The molecule has 5 heteroatoms. The number of hydrogen-bond donors (Lipinski definition) is 1. The van der Waals surface area contributed by atoms with E-state index >= 15 is 0 Å². The lowest BCUT2D eigenvalue weighted by Gasteiger charge is -2.18. The second-order valence-corrected chi connectivity index (χ2v) is 3.09. The number of aromatic nitrogens is 2. The first kappa shape index (κ1) is 8.65. The molecule has 1 aliphatic rings. The molecule has 5 nitrogen and oxygen atoms in total. The summed E-state index contributed by atoms with van der Waals surface area (Å²) in [5, 5.41) is 12.5. The average Bonchev–Trinajstić information content (AvgIpc) is 2.67. The van der Waals surface area contributed by atoms with Crippen LogP contribution >= 0.6 is 0 Å². The monoisotopic (exact) mass is 184 g/mol. The van der Waals surface area contributed by atoms with Crippen LogP contribution < -0.4 is 0 Å². The zero-order chi connectivity index (χ0) is 9.10. The fraction of sp³-hybridized carbons (Fsp3) is 0.750. The molecule has 13 heavy (non-hydrogen) atoms. The van der Waals surface area contributed by atoms with Gasteiger partial charge in [0.2, 0.25) is 0 Å². The molecule has 1 fully saturated rings. The Bertz CT molecular complexity index is 268. The summed E-state index contributed by atoms with van der Waals surface area (Å²) in [5.41, 5.74) is 0. The Morgan fingerprint density at radius 3 is 2.77 bits per heavy atom. The molecule has 1 N–H and O–H groups in total. The highest BCUT2D eigenvalue weighted by atomic mass is 16.5. The van der Waals surface area contributed by atoms with Gasteiger partial charge in [-0.2, -0.15) is 4.98 Å². The summed E-state index contributed by atoms with van der Waals surface area (Å²) in [4.78, 5) is 4.07. The minimum atomic E-state index is -0.184. The molecular formula is C8H12N2O3. The van der Waals surface area contributed by atoms with Crippen molar-refractivity contribution in [1.29, 1.82) is 0 Å². The minimum absolute atomic E-state index is 0.184. The highest BCUT2D eigenvalue weighted by molar-refractivity contribution is 4.95. The number of rotatable bonds is 2. The van der Waals surface area contributed by atoms with E-state index in [9.17, 15) is 0 Å². The summed E-state index contributed by atoms with van der Waals surface area (Å²) in [7, 11) is 0. The highest BCUT2D eigenvalue weighted by Gasteiger charge is 2.20. The number of ether oxygens (including phenoxy) is 1. The van der Waals surface area contributed by atoms with Gasteiger partial charge in [-0.05, 0) is 12.8 Å². The number of aliphatic hydroxyl groups is 1. The van der Waals surface area contributed by atoms with Gasteiger partial charge in [0, 0.05) is 19.1 Å². The van der Waals surface area contributed by atoms with Crippen LogP contribution in [0, 0.1) is 0 Å². The van der Waals surface area contributed by atoms with Crippen molar-refractivity contribution >= 4 is 0 Å². The lowest BCUT2D eigenvalue weighted by atomic mass is 10.00. The van der Waals surface area contributed by atoms with Crippen LogP contribution in [0.25, 0.3) is 0 Å². The molecule has 0 saturated carbocycles. The highest BCUT2D eigenvalue weighted by Crippen LogP contribution is 2.24. The standard InChI is InChI=1S/C8H12N2O3/c11-5-7-9-8(10-13-7)6-1-3-12-4-2-6/h6,11H,1-5H2. The quantitative estimate of drug-likeness (QED) is 0.723. The molecule has 0 spiro atoms. The van der Waals surface area contributed by atoms with Crippen LogP contribution in [0.3, 0.4) is 0 Å². The molecule has 0 atom stereocenters. The van der Waals surface area contributed by atoms with E-state index in [4.69, 9.17) is 14.4 Å². The second-order valence-electron chi connectivity index (χ2n) is 3.09. The van der Waals surface area contributed by atoms with Crippen molar-refractivity contribution in [3.63, 3.8) is 0 Å². The van der Waals surface area contributed by atoms with Crippen molar-refractivity contribution in [2.24, 2.45) is 0 Å². The Kier molecular flexibility index (Phi) is 2.56. The molecule has 2 heterocycles. The molecule has 2 rings (SSSR count). The molecule has 0 aromatic carbocycles. The number of nitrogens with zero attached hydrogens (tertiary/aromatic N) is 2. The number of hydrogen-bond acceptors (Lipinski definition) is 5. The third-order valence-corrected chi connectivity index (χ3v) is 2.21. The van der Waals surface area contributed by atoms with Gasteiger partial charge in [-0.15, -0.1) is 0 Å². The fourth-order valence-corrected chi connectivity index (χ4v) is 1.45. The third-order valence-electron chi connectivity index (χ3n) is 2.21. The van der Waals surface area contributed by atoms with E-state index in [1.807, 2.05) is 0 Å². The molecule has 0 aliphatic carbocycles. The van der Waals surface area contributed by atoms with E-state index in [-0.39, 0.29) is 6.61 Å². The van der Waals surface area contributed by atoms with Crippen LogP contribution in [0.1, 0.15) is 30.5 Å². The van der Waals surface area contributed by atoms with Crippen LogP contribution in [0.15, 0.2) is 4.52 Å². The molecule has 0 bridgehead atoms. The Morgan fingerprint density at radius 1 is 1.38 bits per heavy atom. The molecule has 0 radical (unpaired) electrons. The number of aliphatic hydroxyl groups excluding tert-OH is 1. The average molecular weight is 184 g/mol. The SMILES string of the molecule is OCc1nc(C2CCOCC2)no1. The normalized spacial score (nSPS) is 19.2. The smallest absolute Gasteiger partial charge is 0.252 e. The summed E-state index contributed by atoms with van der Waals surface area (Å²) < 4.78 is 10.0. The van der Waals surface area contributed by atoms with Crippen LogP contribution in [0.2, 0.25) is 0 Å². The van der Waals surface area contributed by atoms with Gasteiger partial charge >= 0.3 is 0 Å². The summed E-state index contributed by atoms with van der Waals surface area (Å²) in [5.74, 6) is 1.33. The summed E-state index contributed by atoms with van der Waals surface area (Å²) in [6.07, 6.45) is 1.87. The molecule has 1 aromatic rings. The summed E-state index contributed by atoms with van der Waals surface area (Å²) in [6.45, 7) is 1.33. The molecule has 0 amide bonds. The molecule has 1 aliphatic heterocycles. The van der Waals surface area contributed by atoms with E-state index in [0.717, 1.165) is 26.1 Å². The van der Waals surface area contributed by atoms with Gasteiger partial charge in [0.05, 0.1) is 0 Å². The maximum atomic E-state index is 8.73. The van der Waals surface area contributed by atoms with Crippen molar-refractivity contribution < 1.29 is 14.4 Å². The van der Waals surface area contributed by atoms with E-state index in [2.05, 4.69) is 10.1 Å². The predicted octanol–water partition coefficient (Wildman–Crippen LogP) is 0.456. The lowest BCUT2D eigenvalue weighted by molar-refractivity contribution is 0.0830. The maximum Gasteiger partial charge on any atom is 0.252 e. The van der Waals surface area contributed by atoms with Crippen molar-refractivity contribution in [1.82, 2.24) is 10.1 Å². The van der Waals surface area contributed by atoms with Crippen LogP contribution in [0.5, 0.6) is 0 Å². The van der Waals surface area contributed by atoms with Crippen molar-refractivity contribution in [3.8, 4) is 0 Å². The van der Waals surface area contributed by atoms with Gasteiger partial charge < -0.3 is 14.4 Å². The second kappa shape index (κ2) is 3.85. The van der Waals surface area contributed by atoms with E-state index in [1.165, 1.54) is 0 Å². The topological polar surface area (TPSA) is 68.4 Å². The van der Waals surface area contributed by atoms with Crippen molar-refractivity contribution in [2.45, 2.75) is 25.4 Å². The van der Waals surface area contributed by atoms with Gasteiger partial charge in [-0.25, -0.2) is 0 Å². The first-order valence-electron chi connectivity index (χ1n) is 4.41. The first-order valence-corrected chi connectivity index (χ1v) is 4.41. The van der Waals surface area contributed by atoms with Gasteiger partial charge in [0.1, 0.15) is 6.61 Å².